The second-order valence-electron chi connectivity index (χ2n) is 4.92. The number of nitrogens with two attached hydrogens (primary N) is 1. The van der Waals surface area contributed by atoms with Gasteiger partial charge in [-0.25, -0.2) is 10.2 Å². The maximum Gasteiger partial charge on any atom is 0.332 e. The molecule has 5 heteroatoms. The fraction of sp³-hybridized carbons (Fsp3) is 0.800. The van der Waals surface area contributed by atoms with E-state index in [2.05, 4.69) is 10.5 Å². The van der Waals surface area contributed by atoms with E-state index in [1.54, 1.807) is 0 Å². The molecular formula is C10H14ClN3O. The van der Waals surface area contributed by atoms with Gasteiger partial charge in [-0.05, 0) is 37.0 Å². The molecule has 15 heavy (non-hydrogen) atoms. The van der Waals surface area contributed by atoms with E-state index >= 15 is 0 Å². The number of halogens is 1. The fourth-order valence-corrected chi connectivity index (χ4v) is 4.48. The van der Waals surface area contributed by atoms with Gasteiger partial charge in [0.05, 0.1) is 0 Å². The summed E-state index contributed by atoms with van der Waals surface area (Å²) in [5.41, 5.74) is 8.26. The van der Waals surface area contributed by atoms with Crippen molar-refractivity contribution >= 4 is 23.3 Å². The Morgan fingerprint density at radius 1 is 1.47 bits per heavy atom. The van der Waals surface area contributed by atoms with E-state index < -0.39 is 6.03 Å². The minimum atomic E-state index is -0.602. The Hall–Kier alpha value is -0.770. The topological polar surface area (TPSA) is 67.5 Å². The summed E-state index contributed by atoms with van der Waals surface area (Å²) in [6.45, 7) is 1.96. The van der Waals surface area contributed by atoms with E-state index in [4.69, 9.17) is 17.3 Å². The summed E-state index contributed by atoms with van der Waals surface area (Å²) in [6.07, 6.45) is 1.25. The summed E-state index contributed by atoms with van der Waals surface area (Å²) in [5, 5.41) is 4.36. The molecule has 0 aromatic rings. The summed E-state index contributed by atoms with van der Waals surface area (Å²) >= 11 is 6.33. The summed E-state index contributed by atoms with van der Waals surface area (Å²) in [7, 11) is 0. The third kappa shape index (κ3) is 1.14. The molecule has 0 spiro atoms. The smallest absolute Gasteiger partial charge is 0.332 e. The lowest BCUT2D eigenvalue weighted by Crippen LogP contribution is -2.28. The average Bonchev–Trinajstić information content (AvgIpc) is 2.52. The highest BCUT2D eigenvalue weighted by atomic mass is 35.5. The lowest BCUT2D eigenvalue weighted by atomic mass is 9.94. The number of hydrogen-bond donors (Lipinski definition) is 2. The number of hydrazone groups is 1. The standard InChI is InChI=1S/C10H14ClN3O/c1-3(13-14-10(12)15)6-5-2-4-7(6)8(4)9(5)11/h4-9H,2H2,1H3,(H3,12,14,15)/b13-3-/t4-,5+,6+,7+,8-,9-/m1/s1. The molecule has 4 bridgehead atoms. The first-order valence-electron chi connectivity index (χ1n) is 5.35. The van der Waals surface area contributed by atoms with Gasteiger partial charge in [0.15, 0.2) is 0 Å². The number of urea groups is 1. The van der Waals surface area contributed by atoms with Crippen molar-refractivity contribution in [1.82, 2.24) is 5.43 Å². The van der Waals surface area contributed by atoms with Crippen molar-refractivity contribution in [2.24, 2.45) is 40.4 Å². The van der Waals surface area contributed by atoms with Crippen molar-refractivity contribution in [3.8, 4) is 0 Å². The van der Waals surface area contributed by atoms with E-state index in [1.165, 1.54) is 6.42 Å². The molecule has 0 aromatic heterocycles. The first-order valence-corrected chi connectivity index (χ1v) is 5.78. The van der Waals surface area contributed by atoms with E-state index in [0.717, 1.165) is 23.5 Å². The molecule has 4 aliphatic rings. The molecule has 0 aliphatic heterocycles. The normalized spacial score (nSPS) is 50.7. The molecule has 2 amide bonds. The van der Waals surface area contributed by atoms with Gasteiger partial charge < -0.3 is 5.73 Å². The minimum Gasteiger partial charge on any atom is -0.350 e. The fourth-order valence-electron chi connectivity index (χ4n) is 3.86. The highest BCUT2D eigenvalue weighted by Gasteiger charge is 2.73. The van der Waals surface area contributed by atoms with Gasteiger partial charge in [0.1, 0.15) is 0 Å². The van der Waals surface area contributed by atoms with Gasteiger partial charge in [0, 0.05) is 17.0 Å². The van der Waals surface area contributed by atoms with Crippen LogP contribution in [0.3, 0.4) is 0 Å². The van der Waals surface area contributed by atoms with E-state index in [9.17, 15) is 4.79 Å². The van der Waals surface area contributed by atoms with Crippen LogP contribution in [-0.4, -0.2) is 17.1 Å². The molecule has 0 radical (unpaired) electrons. The van der Waals surface area contributed by atoms with Gasteiger partial charge in [-0.3, -0.25) is 0 Å². The van der Waals surface area contributed by atoms with Gasteiger partial charge in [-0.15, -0.1) is 11.6 Å². The predicted molar refractivity (Wildman–Crippen MR) is 57.5 cm³/mol. The predicted octanol–water partition coefficient (Wildman–Crippen LogP) is 1.15. The second-order valence-corrected chi connectivity index (χ2v) is 5.42. The van der Waals surface area contributed by atoms with Crippen molar-refractivity contribution in [3.05, 3.63) is 0 Å². The Balaban J connectivity index is 1.75. The zero-order valence-corrected chi connectivity index (χ0v) is 9.24. The van der Waals surface area contributed by atoms with Gasteiger partial charge >= 0.3 is 6.03 Å². The van der Waals surface area contributed by atoms with E-state index in [-0.39, 0.29) is 0 Å². The monoisotopic (exact) mass is 227 g/mol. The van der Waals surface area contributed by atoms with Crippen LogP contribution in [0.25, 0.3) is 0 Å². The van der Waals surface area contributed by atoms with Crippen LogP contribution in [-0.2, 0) is 0 Å². The summed E-state index contributed by atoms with van der Waals surface area (Å²) in [5.74, 6) is 3.34. The Morgan fingerprint density at radius 3 is 2.60 bits per heavy atom. The quantitative estimate of drug-likeness (QED) is 0.415. The lowest BCUT2D eigenvalue weighted by molar-refractivity contribution is 0.249. The molecule has 4 fully saturated rings. The number of carbonyl (C=O) groups is 1. The number of amides is 2. The molecule has 82 valence electrons. The molecule has 4 aliphatic carbocycles. The molecule has 3 N–H and O–H groups in total. The van der Waals surface area contributed by atoms with E-state index in [0.29, 0.717) is 17.2 Å². The van der Waals surface area contributed by atoms with Crippen LogP contribution in [0.15, 0.2) is 5.10 Å². The number of rotatable bonds is 2. The molecule has 6 atom stereocenters. The molecule has 0 unspecified atom stereocenters. The average molecular weight is 228 g/mol. The van der Waals surface area contributed by atoms with Crippen LogP contribution in [0.4, 0.5) is 4.79 Å². The molecule has 0 aromatic carbocycles. The number of nitrogens with one attached hydrogen (secondary N) is 1. The maximum absolute atomic E-state index is 10.5. The SMILES string of the molecule is C/C(=N/NC(N)=O)[C@H]1[C@@H]2C[C@H]3[C@@H]([C@@H]2Cl)[C@@H]31. The Morgan fingerprint density at radius 2 is 2.20 bits per heavy atom. The van der Waals surface area contributed by atoms with Crippen LogP contribution in [0, 0.1) is 29.6 Å². The summed E-state index contributed by atoms with van der Waals surface area (Å²) < 4.78 is 0. The highest BCUT2D eigenvalue weighted by molar-refractivity contribution is 6.22. The maximum atomic E-state index is 10.5. The Kier molecular flexibility index (Phi) is 1.81. The van der Waals surface area contributed by atoms with Gasteiger partial charge in [-0.1, -0.05) is 0 Å². The zero-order chi connectivity index (χ0) is 10.7. The molecule has 0 saturated heterocycles. The molecule has 4 rings (SSSR count). The van der Waals surface area contributed by atoms with Gasteiger partial charge in [0.25, 0.3) is 0 Å². The molecule has 0 heterocycles. The molecule has 4 nitrogen and oxygen atoms in total. The largest absolute Gasteiger partial charge is 0.350 e. The van der Waals surface area contributed by atoms with Crippen molar-refractivity contribution < 1.29 is 4.79 Å². The van der Waals surface area contributed by atoms with Crippen molar-refractivity contribution in [2.45, 2.75) is 18.7 Å². The Labute approximate surface area is 93.2 Å². The van der Waals surface area contributed by atoms with Crippen LogP contribution in [0.1, 0.15) is 13.3 Å². The van der Waals surface area contributed by atoms with Crippen molar-refractivity contribution in [3.63, 3.8) is 0 Å². The number of primary amides is 1. The number of alkyl halides is 1. The highest BCUT2D eigenvalue weighted by Crippen LogP contribution is 2.74. The summed E-state index contributed by atoms with van der Waals surface area (Å²) in [4.78, 5) is 10.5. The third-order valence-electron chi connectivity index (χ3n) is 4.31. The third-order valence-corrected chi connectivity index (χ3v) is 4.93. The second kappa shape index (κ2) is 2.88. The number of nitrogens with zero attached hydrogens (tertiary/aromatic N) is 1. The van der Waals surface area contributed by atoms with Gasteiger partial charge in [-0.2, -0.15) is 5.10 Å². The molecular weight excluding hydrogens is 214 g/mol. The Bertz CT molecular complexity index is 357. The van der Waals surface area contributed by atoms with Crippen molar-refractivity contribution in [1.29, 1.82) is 0 Å². The van der Waals surface area contributed by atoms with Gasteiger partial charge in [0.2, 0.25) is 0 Å². The van der Waals surface area contributed by atoms with Crippen LogP contribution < -0.4 is 11.2 Å². The number of hydrogen-bond acceptors (Lipinski definition) is 2. The first kappa shape index (κ1) is 9.46. The summed E-state index contributed by atoms with van der Waals surface area (Å²) in [6, 6.07) is -0.602. The zero-order valence-electron chi connectivity index (χ0n) is 8.48. The van der Waals surface area contributed by atoms with Crippen LogP contribution in [0.2, 0.25) is 0 Å². The lowest BCUT2D eigenvalue weighted by Gasteiger charge is -2.16. The molecule has 4 saturated carbocycles. The minimum absolute atomic E-state index is 0.337. The van der Waals surface area contributed by atoms with Crippen LogP contribution in [0.5, 0.6) is 0 Å². The van der Waals surface area contributed by atoms with Crippen molar-refractivity contribution in [2.75, 3.05) is 0 Å². The first-order chi connectivity index (χ1) is 7.11. The van der Waals surface area contributed by atoms with Crippen LogP contribution >= 0.6 is 11.6 Å². The number of carbonyl (C=O) groups excluding carboxylic acids is 1. The van der Waals surface area contributed by atoms with E-state index in [1.807, 2.05) is 6.92 Å².